The summed E-state index contributed by atoms with van der Waals surface area (Å²) >= 11 is 0. The standard InChI is InChI=1S/C10H13F3N2O/c1-7(8-4-2-3-5-14-8)15-6-9(16)10(11,12)13/h2-5,7,9,15-16H,6H2,1H3/t7-,9?/m0/s1. The van der Waals surface area contributed by atoms with Gasteiger partial charge in [0.25, 0.3) is 0 Å². The van der Waals surface area contributed by atoms with Gasteiger partial charge in [-0.1, -0.05) is 6.07 Å². The molecule has 1 unspecified atom stereocenters. The molecular weight excluding hydrogens is 221 g/mol. The van der Waals surface area contributed by atoms with Crippen molar-refractivity contribution >= 4 is 0 Å². The molecule has 1 rings (SSSR count). The van der Waals surface area contributed by atoms with Crippen molar-refractivity contribution in [3.05, 3.63) is 30.1 Å². The summed E-state index contributed by atoms with van der Waals surface area (Å²) in [5, 5.41) is 11.3. The molecule has 6 heteroatoms. The molecule has 0 saturated carbocycles. The summed E-state index contributed by atoms with van der Waals surface area (Å²) in [6.07, 6.45) is -5.37. The average molecular weight is 234 g/mol. The number of alkyl halides is 3. The van der Waals surface area contributed by atoms with E-state index in [1.165, 1.54) is 0 Å². The van der Waals surface area contributed by atoms with Crippen LogP contribution >= 0.6 is 0 Å². The van der Waals surface area contributed by atoms with Gasteiger partial charge in [-0.05, 0) is 19.1 Å². The van der Waals surface area contributed by atoms with E-state index in [9.17, 15) is 13.2 Å². The zero-order valence-corrected chi connectivity index (χ0v) is 8.70. The Morgan fingerprint density at radius 2 is 2.12 bits per heavy atom. The molecule has 1 aromatic rings. The van der Waals surface area contributed by atoms with Gasteiger partial charge in [0.1, 0.15) is 0 Å². The summed E-state index contributed by atoms with van der Waals surface area (Å²) < 4.78 is 36.0. The Morgan fingerprint density at radius 3 is 2.62 bits per heavy atom. The fourth-order valence-electron chi connectivity index (χ4n) is 1.14. The molecule has 1 aromatic heterocycles. The average Bonchev–Trinajstić information content (AvgIpc) is 2.25. The molecule has 1 heterocycles. The number of aliphatic hydroxyl groups excluding tert-OH is 1. The number of hydrogen-bond acceptors (Lipinski definition) is 3. The van der Waals surface area contributed by atoms with Gasteiger partial charge in [0.15, 0.2) is 6.10 Å². The number of nitrogens with one attached hydrogen (secondary N) is 1. The van der Waals surface area contributed by atoms with Crippen LogP contribution in [0.2, 0.25) is 0 Å². The smallest absolute Gasteiger partial charge is 0.382 e. The van der Waals surface area contributed by atoms with Gasteiger partial charge in [0, 0.05) is 18.8 Å². The highest BCUT2D eigenvalue weighted by atomic mass is 19.4. The Morgan fingerprint density at radius 1 is 1.44 bits per heavy atom. The first-order valence-corrected chi connectivity index (χ1v) is 4.80. The summed E-state index contributed by atoms with van der Waals surface area (Å²) in [6, 6.07) is 4.84. The maximum atomic E-state index is 12.0. The summed E-state index contributed by atoms with van der Waals surface area (Å²) in [5.74, 6) is 0. The predicted octanol–water partition coefficient (Wildman–Crippen LogP) is 1.66. The van der Waals surface area contributed by atoms with Crippen molar-refractivity contribution in [2.75, 3.05) is 6.54 Å². The third-order valence-electron chi connectivity index (χ3n) is 2.13. The number of nitrogens with zero attached hydrogens (tertiary/aromatic N) is 1. The largest absolute Gasteiger partial charge is 0.415 e. The van der Waals surface area contributed by atoms with E-state index in [-0.39, 0.29) is 6.04 Å². The van der Waals surface area contributed by atoms with Gasteiger partial charge in [0.2, 0.25) is 0 Å². The third kappa shape index (κ3) is 3.79. The molecule has 0 aliphatic heterocycles. The number of pyridine rings is 1. The normalized spacial score (nSPS) is 15.8. The molecule has 0 bridgehead atoms. The Bertz CT molecular complexity index is 316. The fourth-order valence-corrected chi connectivity index (χ4v) is 1.14. The van der Waals surface area contributed by atoms with Crippen molar-refractivity contribution in [1.29, 1.82) is 0 Å². The molecule has 0 amide bonds. The van der Waals surface area contributed by atoms with Crippen LogP contribution in [0.4, 0.5) is 13.2 Å². The third-order valence-corrected chi connectivity index (χ3v) is 2.13. The second-order valence-electron chi connectivity index (χ2n) is 3.44. The van der Waals surface area contributed by atoms with Crippen molar-refractivity contribution in [2.24, 2.45) is 0 Å². The van der Waals surface area contributed by atoms with Gasteiger partial charge in [-0.15, -0.1) is 0 Å². The van der Waals surface area contributed by atoms with Crippen LogP contribution in [-0.4, -0.2) is 28.9 Å². The van der Waals surface area contributed by atoms with Gasteiger partial charge in [-0.25, -0.2) is 0 Å². The highest BCUT2D eigenvalue weighted by Gasteiger charge is 2.37. The molecule has 0 aromatic carbocycles. The molecule has 0 saturated heterocycles. The minimum atomic E-state index is -4.59. The summed E-state index contributed by atoms with van der Waals surface area (Å²) in [7, 11) is 0. The minimum Gasteiger partial charge on any atom is -0.382 e. The highest BCUT2D eigenvalue weighted by molar-refractivity contribution is 5.07. The molecule has 2 atom stereocenters. The van der Waals surface area contributed by atoms with Crippen LogP contribution in [0.5, 0.6) is 0 Å². The van der Waals surface area contributed by atoms with Gasteiger partial charge in [-0.3, -0.25) is 4.98 Å². The topological polar surface area (TPSA) is 45.1 Å². The van der Waals surface area contributed by atoms with E-state index in [4.69, 9.17) is 5.11 Å². The van der Waals surface area contributed by atoms with E-state index in [2.05, 4.69) is 10.3 Å². The summed E-state index contributed by atoms with van der Waals surface area (Å²) in [4.78, 5) is 3.99. The van der Waals surface area contributed by atoms with Gasteiger partial charge in [-0.2, -0.15) is 13.2 Å². The molecule has 0 radical (unpaired) electrons. The van der Waals surface area contributed by atoms with Crippen molar-refractivity contribution in [3.8, 4) is 0 Å². The number of aromatic nitrogens is 1. The number of halogens is 3. The van der Waals surface area contributed by atoms with Gasteiger partial charge < -0.3 is 10.4 Å². The van der Waals surface area contributed by atoms with Crippen LogP contribution in [0, 0.1) is 0 Å². The number of rotatable bonds is 4. The van der Waals surface area contributed by atoms with E-state index in [0.29, 0.717) is 5.69 Å². The highest BCUT2D eigenvalue weighted by Crippen LogP contribution is 2.20. The Labute approximate surface area is 91.3 Å². The summed E-state index contributed by atoms with van der Waals surface area (Å²) in [6.45, 7) is 1.15. The van der Waals surface area contributed by atoms with Crippen LogP contribution in [-0.2, 0) is 0 Å². The van der Waals surface area contributed by atoms with Crippen molar-refractivity contribution in [3.63, 3.8) is 0 Å². The van der Waals surface area contributed by atoms with E-state index in [1.807, 2.05) is 0 Å². The van der Waals surface area contributed by atoms with E-state index in [0.717, 1.165) is 0 Å². The van der Waals surface area contributed by atoms with E-state index in [1.54, 1.807) is 31.3 Å². The second kappa shape index (κ2) is 5.27. The molecule has 0 aliphatic carbocycles. The zero-order chi connectivity index (χ0) is 12.2. The molecule has 0 aliphatic rings. The van der Waals surface area contributed by atoms with E-state index >= 15 is 0 Å². The zero-order valence-electron chi connectivity index (χ0n) is 8.70. The predicted molar refractivity (Wildman–Crippen MR) is 52.7 cm³/mol. The van der Waals surface area contributed by atoms with Gasteiger partial charge >= 0.3 is 6.18 Å². The SMILES string of the molecule is C[C@H](NCC(O)C(F)(F)F)c1ccccn1. The monoisotopic (exact) mass is 234 g/mol. The first-order valence-electron chi connectivity index (χ1n) is 4.80. The van der Waals surface area contributed by atoms with Crippen molar-refractivity contribution in [2.45, 2.75) is 25.2 Å². The van der Waals surface area contributed by atoms with Crippen LogP contribution in [0.15, 0.2) is 24.4 Å². The minimum absolute atomic E-state index is 0.335. The van der Waals surface area contributed by atoms with E-state index < -0.39 is 18.8 Å². The molecule has 0 spiro atoms. The first-order chi connectivity index (χ1) is 7.41. The number of hydrogen-bond donors (Lipinski definition) is 2. The van der Waals surface area contributed by atoms with Crippen LogP contribution in [0.25, 0.3) is 0 Å². The lowest BCUT2D eigenvalue weighted by Crippen LogP contribution is -2.39. The van der Waals surface area contributed by atoms with Crippen LogP contribution in [0.1, 0.15) is 18.7 Å². The lowest BCUT2D eigenvalue weighted by molar-refractivity contribution is -0.202. The quantitative estimate of drug-likeness (QED) is 0.832. The lowest BCUT2D eigenvalue weighted by atomic mass is 10.2. The van der Waals surface area contributed by atoms with Crippen molar-refractivity contribution in [1.82, 2.24) is 10.3 Å². The molecular formula is C10H13F3N2O. The first kappa shape index (κ1) is 12.9. The number of aliphatic hydroxyl groups is 1. The fraction of sp³-hybridized carbons (Fsp3) is 0.500. The maximum absolute atomic E-state index is 12.0. The molecule has 16 heavy (non-hydrogen) atoms. The van der Waals surface area contributed by atoms with Crippen LogP contribution < -0.4 is 5.32 Å². The van der Waals surface area contributed by atoms with Crippen LogP contribution in [0.3, 0.4) is 0 Å². The Balaban J connectivity index is 2.45. The maximum Gasteiger partial charge on any atom is 0.415 e. The molecule has 0 fully saturated rings. The van der Waals surface area contributed by atoms with Crippen molar-refractivity contribution < 1.29 is 18.3 Å². The van der Waals surface area contributed by atoms with Gasteiger partial charge in [0.05, 0.1) is 5.69 Å². The summed E-state index contributed by atoms with van der Waals surface area (Å²) in [5.41, 5.74) is 0.636. The lowest BCUT2D eigenvalue weighted by Gasteiger charge is -2.18. The Kier molecular flexibility index (Phi) is 4.26. The molecule has 2 N–H and O–H groups in total. The second-order valence-corrected chi connectivity index (χ2v) is 3.44. The Hall–Kier alpha value is -1.14. The molecule has 90 valence electrons. The molecule has 3 nitrogen and oxygen atoms in total.